The molecule has 4 rings (SSSR count). The van der Waals surface area contributed by atoms with Gasteiger partial charge >= 0.3 is 0 Å². The van der Waals surface area contributed by atoms with Crippen molar-refractivity contribution in [3.05, 3.63) is 86.8 Å². The van der Waals surface area contributed by atoms with Gasteiger partial charge in [0, 0.05) is 23.4 Å². The second-order valence-electron chi connectivity index (χ2n) is 7.87. The van der Waals surface area contributed by atoms with Gasteiger partial charge in [0.1, 0.15) is 5.56 Å². The van der Waals surface area contributed by atoms with Crippen molar-refractivity contribution in [3.8, 4) is 11.5 Å². The summed E-state index contributed by atoms with van der Waals surface area (Å²) in [6.45, 7) is 1.91. The Morgan fingerprint density at radius 1 is 1.00 bits per heavy atom. The van der Waals surface area contributed by atoms with Crippen LogP contribution in [0.15, 0.2) is 53.3 Å². The summed E-state index contributed by atoms with van der Waals surface area (Å²) in [6, 6.07) is 14.2. The van der Waals surface area contributed by atoms with Crippen LogP contribution in [0.1, 0.15) is 49.9 Å². The predicted molar refractivity (Wildman–Crippen MR) is 121 cm³/mol. The van der Waals surface area contributed by atoms with Crippen LogP contribution < -0.4 is 20.3 Å². The first-order valence-electron chi connectivity index (χ1n) is 10.3. The molecule has 3 aromatic rings. The van der Waals surface area contributed by atoms with Gasteiger partial charge in [-0.25, -0.2) is 0 Å². The van der Waals surface area contributed by atoms with Gasteiger partial charge in [0.15, 0.2) is 17.3 Å². The number of amides is 1. The number of aromatic nitrogens is 1. The number of fused-ring (bicyclic) bond motifs is 1. The van der Waals surface area contributed by atoms with Gasteiger partial charge in [-0.15, -0.1) is 0 Å². The number of ketones is 1. The van der Waals surface area contributed by atoms with Crippen LogP contribution in [0, 0.1) is 6.92 Å². The summed E-state index contributed by atoms with van der Waals surface area (Å²) in [5, 5.41) is 2.72. The third kappa shape index (κ3) is 4.14. The molecule has 2 N–H and O–H groups in total. The number of hydrogen-bond acceptors (Lipinski definition) is 5. The molecule has 0 fully saturated rings. The van der Waals surface area contributed by atoms with Crippen molar-refractivity contribution in [2.45, 2.75) is 25.7 Å². The van der Waals surface area contributed by atoms with E-state index in [-0.39, 0.29) is 23.7 Å². The molecule has 1 heterocycles. The number of hydrogen-bond donors (Lipinski definition) is 2. The highest BCUT2D eigenvalue weighted by molar-refractivity contribution is 6.06. The lowest BCUT2D eigenvalue weighted by atomic mass is 9.81. The smallest absolute Gasteiger partial charge is 0.261 e. The molecule has 0 aliphatic heterocycles. The van der Waals surface area contributed by atoms with E-state index in [1.807, 2.05) is 37.3 Å². The Morgan fingerprint density at radius 3 is 2.50 bits per heavy atom. The summed E-state index contributed by atoms with van der Waals surface area (Å²) in [5.74, 6) is 0.412. The molecular weight excluding hydrogens is 408 g/mol. The van der Waals surface area contributed by atoms with Crippen LogP contribution in [0.5, 0.6) is 11.5 Å². The van der Waals surface area contributed by atoms with E-state index in [1.54, 1.807) is 26.4 Å². The third-order valence-electron chi connectivity index (χ3n) is 5.71. The zero-order chi connectivity index (χ0) is 22.8. The molecule has 1 amide bonds. The first-order chi connectivity index (χ1) is 15.4. The fraction of sp³-hybridized carbons (Fsp3) is 0.240. The normalized spacial score (nSPS) is 15.1. The van der Waals surface area contributed by atoms with Crippen molar-refractivity contribution < 1.29 is 19.1 Å². The van der Waals surface area contributed by atoms with Gasteiger partial charge in [-0.1, -0.05) is 18.2 Å². The van der Waals surface area contributed by atoms with Crippen molar-refractivity contribution in [1.82, 2.24) is 4.98 Å². The molecule has 1 aliphatic rings. The second kappa shape index (κ2) is 8.70. The van der Waals surface area contributed by atoms with E-state index in [0.717, 1.165) is 11.1 Å². The van der Waals surface area contributed by atoms with E-state index in [1.165, 1.54) is 6.07 Å². The highest BCUT2D eigenvalue weighted by Gasteiger charge is 2.29. The third-order valence-corrected chi connectivity index (χ3v) is 5.71. The minimum Gasteiger partial charge on any atom is -0.493 e. The van der Waals surface area contributed by atoms with Crippen molar-refractivity contribution in [2.24, 2.45) is 0 Å². The zero-order valence-electron chi connectivity index (χ0n) is 18.2. The summed E-state index contributed by atoms with van der Waals surface area (Å²) in [4.78, 5) is 41.0. The Bertz CT molecular complexity index is 1260. The number of benzene rings is 2. The molecule has 1 aromatic heterocycles. The Kier molecular flexibility index (Phi) is 5.81. The lowest BCUT2D eigenvalue weighted by Gasteiger charge is -2.24. The topological polar surface area (TPSA) is 97.5 Å². The van der Waals surface area contributed by atoms with Crippen molar-refractivity contribution in [1.29, 1.82) is 0 Å². The van der Waals surface area contributed by atoms with E-state index in [0.29, 0.717) is 34.9 Å². The van der Waals surface area contributed by atoms with Crippen LogP contribution in [0.2, 0.25) is 0 Å². The fourth-order valence-corrected chi connectivity index (χ4v) is 4.06. The van der Waals surface area contributed by atoms with Crippen LogP contribution in [0.25, 0.3) is 0 Å². The van der Waals surface area contributed by atoms with E-state index < -0.39 is 11.5 Å². The lowest BCUT2D eigenvalue weighted by Crippen LogP contribution is -2.29. The van der Waals surface area contributed by atoms with Gasteiger partial charge in [-0.05, 0) is 60.7 Å². The zero-order valence-corrected chi connectivity index (χ0v) is 18.2. The Labute approximate surface area is 185 Å². The maximum absolute atomic E-state index is 12.9. The number of aryl methyl sites for hydroxylation is 1. The number of carbonyl (C=O) groups is 2. The minimum absolute atomic E-state index is 0.0804. The highest BCUT2D eigenvalue weighted by Crippen LogP contribution is 2.36. The summed E-state index contributed by atoms with van der Waals surface area (Å²) in [7, 11) is 3.12. The van der Waals surface area contributed by atoms with E-state index in [2.05, 4.69) is 10.3 Å². The molecule has 0 saturated carbocycles. The van der Waals surface area contributed by atoms with Crippen LogP contribution in [0.3, 0.4) is 0 Å². The van der Waals surface area contributed by atoms with Crippen LogP contribution >= 0.6 is 0 Å². The number of aromatic amines is 1. The van der Waals surface area contributed by atoms with Crippen molar-refractivity contribution >= 4 is 17.4 Å². The molecule has 1 aliphatic carbocycles. The molecule has 7 heteroatoms. The molecule has 32 heavy (non-hydrogen) atoms. The molecule has 0 bridgehead atoms. The van der Waals surface area contributed by atoms with Gasteiger partial charge in [0.05, 0.1) is 14.2 Å². The second-order valence-corrected chi connectivity index (χ2v) is 7.87. The SMILES string of the molecule is COc1ccc([C@H]2CC(=O)c3cc(C(=O)Nc4cccc(C)c4)c(=O)[nH]c3C2)cc1OC. The Morgan fingerprint density at radius 2 is 1.78 bits per heavy atom. The number of H-pyrrole nitrogens is 1. The fourth-order valence-electron chi connectivity index (χ4n) is 4.06. The first-order valence-corrected chi connectivity index (χ1v) is 10.3. The molecule has 1 atom stereocenters. The first kappa shape index (κ1) is 21.4. The standard InChI is InChI=1S/C25H24N2O5/c1-14-5-4-6-17(9-14)26-24(29)19-13-18-20(27-25(19)30)10-16(11-21(18)28)15-7-8-22(31-2)23(12-15)32-3/h4-9,12-13,16H,10-11H2,1-3H3,(H,26,29)(H,27,30)/t16-/m1/s1. The van der Waals surface area contributed by atoms with Crippen LogP contribution in [0.4, 0.5) is 5.69 Å². The summed E-state index contributed by atoms with van der Waals surface area (Å²) in [6.07, 6.45) is 0.749. The average Bonchev–Trinajstić information content (AvgIpc) is 2.78. The monoisotopic (exact) mass is 432 g/mol. The van der Waals surface area contributed by atoms with Gasteiger partial charge in [-0.3, -0.25) is 14.4 Å². The lowest BCUT2D eigenvalue weighted by molar-refractivity contribution is 0.0963. The number of nitrogens with one attached hydrogen (secondary N) is 2. The molecule has 0 saturated heterocycles. The predicted octanol–water partition coefficient (Wildman–Crippen LogP) is 3.87. The summed E-state index contributed by atoms with van der Waals surface area (Å²) < 4.78 is 10.6. The summed E-state index contributed by atoms with van der Waals surface area (Å²) in [5.41, 5.74) is 2.82. The molecule has 7 nitrogen and oxygen atoms in total. The quantitative estimate of drug-likeness (QED) is 0.638. The largest absolute Gasteiger partial charge is 0.493 e. The average molecular weight is 432 g/mol. The minimum atomic E-state index is -0.547. The maximum atomic E-state index is 12.9. The van der Waals surface area contributed by atoms with Gasteiger partial charge in [0.2, 0.25) is 0 Å². The number of carbonyl (C=O) groups excluding carboxylic acids is 2. The molecule has 2 aromatic carbocycles. The van der Waals surface area contributed by atoms with Crippen LogP contribution in [-0.2, 0) is 6.42 Å². The van der Waals surface area contributed by atoms with Crippen molar-refractivity contribution in [2.75, 3.05) is 19.5 Å². The van der Waals surface area contributed by atoms with Gasteiger partial charge < -0.3 is 19.8 Å². The number of pyridine rings is 1. The molecule has 0 unspecified atom stereocenters. The highest BCUT2D eigenvalue weighted by atomic mass is 16.5. The maximum Gasteiger partial charge on any atom is 0.261 e. The molecule has 0 spiro atoms. The Balaban J connectivity index is 1.61. The van der Waals surface area contributed by atoms with E-state index >= 15 is 0 Å². The van der Waals surface area contributed by atoms with E-state index in [9.17, 15) is 14.4 Å². The van der Waals surface area contributed by atoms with Crippen molar-refractivity contribution in [3.63, 3.8) is 0 Å². The molecule has 164 valence electrons. The number of ether oxygens (including phenoxy) is 2. The molecular formula is C25H24N2O5. The van der Waals surface area contributed by atoms with Gasteiger partial charge in [-0.2, -0.15) is 0 Å². The number of methoxy groups -OCH3 is 2. The number of anilines is 1. The number of rotatable bonds is 5. The number of Topliss-reactive ketones (excluding diaryl/α,β-unsaturated/α-hetero) is 1. The Hall–Kier alpha value is -3.87. The van der Waals surface area contributed by atoms with Crippen LogP contribution in [-0.4, -0.2) is 30.9 Å². The van der Waals surface area contributed by atoms with E-state index in [4.69, 9.17) is 9.47 Å². The summed E-state index contributed by atoms with van der Waals surface area (Å²) >= 11 is 0. The molecule has 0 radical (unpaired) electrons. The van der Waals surface area contributed by atoms with Gasteiger partial charge in [0.25, 0.3) is 11.5 Å².